The minimum absolute atomic E-state index is 0.0739. The topological polar surface area (TPSA) is 64.6 Å². The zero-order chi connectivity index (χ0) is 17.6. The van der Waals surface area contributed by atoms with E-state index >= 15 is 0 Å². The van der Waals surface area contributed by atoms with Gasteiger partial charge in [-0.1, -0.05) is 35.6 Å². The molecule has 0 spiro atoms. The number of amides is 1. The normalized spacial score (nSPS) is 12.2. The molecule has 0 bridgehead atoms. The summed E-state index contributed by atoms with van der Waals surface area (Å²) in [7, 11) is 1.83. The Morgan fingerprint density at radius 3 is 2.80 bits per heavy atom. The molecule has 0 atom stereocenters. The molecule has 1 amide bonds. The van der Waals surface area contributed by atoms with E-state index in [2.05, 4.69) is 20.9 Å². The van der Waals surface area contributed by atoms with Gasteiger partial charge in [0.25, 0.3) is 5.91 Å². The molecule has 0 aliphatic rings. The second-order valence-electron chi connectivity index (χ2n) is 5.43. The minimum Gasteiger partial charge on any atom is -0.422 e. The fourth-order valence-corrected chi connectivity index (χ4v) is 4.43. The Morgan fingerprint density at radius 1 is 1.20 bits per heavy atom. The van der Waals surface area contributed by atoms with Crippen LogP contribution >= 0.6 is 27.3 Å². The number of aryl methyl sites for hydroxylation is 1. The molecule has 0 saturated heterocycles. The van der Waals surface area contributed by atoms with E-state index in [9.17, 15) is 9.59 Å². The number of benzene rings is 2. The van der Waals surface area contributed by atoms with Crippen LogP contribution in [0.25, 0.3) is 21.2 Å². The van der Waals surface area contributed by atoms with Crippen molar-refractivity contribution in [2.45, 2.75) is 0 Å². The van der Waals surface area contributed by atoms with Gasteiger partial charge in [0.15, 0.2) is 4.80 Å². The molecule has 0 radical (unpaired) electrons. The Morgan fingerprint density at radius 2 is 2.00 bits per heavy atom. The summed E-state index contributed by atoms with van der Waals surface area (Å²) in [5.74, 6) is -0.613. The predicted molar refractivity (Wildman–Crippen MR) is 101 cm³/mol. The van der Waals surface area contributed by atoms with Gasteiger partial charge in [-0.25, -0.2) is 4.79 Å². The number of thiazole rings is 1. The molecular weight excluding hydrogens is 404 g/mol. The van der Waals surface area contributed by atoms with Crippen LogP contribution in [-0.4, -0.2) is 10.5 Å². The standard InChI is InChI=1S/C18H11BrN2O3S/c1-21-15-12(19)6-4-8-14(15)25-18(21)20-16(22)11-9-10-5-2-3-7-13(10)24-17(11)23/h2-9H,1H3. The molecule has 0 aliphatic carbocycles. The minimum atomic E-state index is -0.683. The zero-order valence-electron chi connectivity index (χ0n) is 13.0. The molecule has 5 nitrogen and oxygen atoms in total. The lowest BCUT2D eigenvalue weighted by Crippen LogP contribution is -2.17. The van der Waals surface area contributed by atoms with Crippen LogP contribution in [0.1, 0.15) is 10.4 Å². The first-order valence-electron chi connectivity index (χ1n) is 7.40. The third kappa shape index (κ3) is 2.75. The first kappa shape index (κ1) is 16.0. The maximum absolute atomic E-state index is 12.5. The van der Waals surface area contributed by atoms with Crippen molar-refractivity contribution < 1.29 is 9.21 Å². The second-order valence-corrected chi connectivity index (χ2v) is 7.30. The third-order valence-electron chi connectivity index (χ3n) is 3.84. The number of para-hydroxylation sites is 2. The summed E-state index contributed by atoms with van der Waals surface area (Å²) in [5.41, 5.74) is 0.637. The Kier molecular flexibility index (Phi) is 3.89. The van der Waals surface area contributed by atoms with Crippen LogP contribution in [0.15, 0.2) is 67.2 Å². The van der Waals surface area contributed by atoms with E-state index in [1.165, 1.54) is 17.4 Å². The van der Waals surface area contributed by atoms with Crippen LogP contribution in [0, 0.1) is 0 Å². The lowest BCUT2D eigenvalue weighted by molar-refractivity contribution is 0.0994. The van der Waals surface area contributed by atoms with Crippen molar-refractivity contribution >= 4 is 54.4 Å². The van der Waals surface area contributed by atoms with Crippen LogP contribution in [0.5, 0.6) is 0 Å². The van der Waals surface area contributed by atoms with Gasteiger partial charge in [0.1, 0.15) is 11.1 Å². The van der Waals surface area contributed by atoms with E-state index in [0.29, 0.717) is 15.8 Å². The van der Waals surface area contributed by atoms with Gasteiger partial charge in [-0.3, -0.25) is 4.79 Å². The van der Waals surface area contributed by atoms with Gasteiger partial charge in [-0.2, -0.15) is 4.99 Å². The van der Waals surface area contributed by atoms with E-state index in [1.807, 2.05) is 35.9 Å². The van der Waals surface area contributed by atoms with Crippen LogP contribution in [0.3, 0.4) is 0 Å². The van der Waals surface area contributed by atoms with E-state index in [0.717, 1.165) is 14.7 Å². The summed E-state index contributed by atoms with van der Waals surface area (Å²) in [6.07, 6.45) is 0. The van der Waals surface area contributed by atoms with Gasteiger partial charge >= 0.3 is 5.63 Å². The highest BCUT2D eigenvalue weighted by molar-refractivity contribution is 9.10. The van der Waals surface area contributed by atoms with Crippen molar-refractivity contribution in [3.63, 3.8) is 0 Å². The summed E-state index contributed by atoms with van der Waals surface area (Å²) in [5, 5.41) is 0.684. The van der Waals surface area contributed by atoms with Crippen molar-refractivity contribution in [2.24, 2.45) is 12.0 Å². The Hall–Kier alpha value is -2.51. The van der Waals surface area contributed by atoms with Gasteiger partial charge in [-0.05, 0) is 40.2 Å². The average Bonchev–Trinajstić information content (AvgIpc) is 2.91. The summed E-state index contributed by atoms with van der Waals surface area (Å²) < 4.78 is 8.95. The summed E-state index contributed by atoms with van der Waals surface area (Å²) >= 11 is 4.89. The van der Waals surface area contributed by atoms with Gasteiger partial charge in [0, 0.05) is 16.9 Å². The van der Waals surface area contributed by atoms with E-state index < -0.39 is 11.5 Å². The highest BCUT2D eigenvalue weighted by Crippen LogP contribution is 2.24. The smallest absolute Gasteiger partial charge is 0.349 e. The third-order valence-corrected chi connectivity index (χ3v) is 5.58. The molecule has 2 heterocycles. The first-order valence-corrected chi connectivity index (χ1v) is 9.01. The number of carbonyl (C=O) groups excluding carboxylic acids is 1. The number of fused-ring (bicyclic) bond motifs is 2. The molecular formula is C18H11BrN2O3S. The zero-order valence-corrected chi connectivity index (χ0v) is 15.4. The number of halogens is 1. The van der Waals surface area contributed by atoms with E-state index in [4.69, 9.17) is 4.42 Å². The molecule has 0 saturated carbocycles. The maximum Gasteiger partial charge on any atom is 0.349 e. The highest BCUT2D eigenvalue weighted by Gasteiger charge is 2.14. The number of hydrogen-bond donors (Lipinski definition) is 0. The summed E-state index contributed by atoms with van der Waals surface area (Å²) in [6, 6.07) is 14.4. The molecule has 0 unspecified atom stereocenters. The van der Waals surface area contributed by atoms with Crippen LogP contribution in [-0.2, 0) is 7.05 Å². The lowest BCUT2D eigenvalue weighted by atomic mass is 10.2. The van der Waals surface area contributed by atoms with Crippen molar-refractivity contribution in [2.75, 3.05) is 0 Å². The summed E-state index contributed by atoms with van der Waals surface area (Å²) in [4.78, 5) is 29.3. The molecule has 4 aromatic rings. The molecule has 124 valence electrons. The van der Waals surface area contributed by atoms with E-state index in [-0.39, 0.29) is 5.56 Å². The molecule has 0 N–H and O–H groups in total. The van der Waals surface area contributed by atoms with Crippen LogP contribution < -0.4 is 10.4 Å². The maximum atomic E-state index is 12.5. The number of carbonyl (C=O) groups is 1. The quantitative estimate of drug-likeness (QED) is 0.444. The molecule has 2 aromatic carbocycles. The van der Waals surface area contributed by atoms with Crippen molar-refractivity contribution in [1.29, 1.82) is 0 Å². The van der Waals surface area contributed by atoms with Crippen LogP contribution in [0.2, 0.25) is 0 Å². The van der Waals surface area contributed by atoms with Crippen molar-refractivity contribution in [3.8, 4) is 0 Å². The number of hydrogen-bond acceptors (Lipinski definition) is 4. The van der Waals surface area contributed by atoms with Gasteiger partial charge in [0.2, 0.25) is 0 Å². The molecule has 0 aliphatic heterocycles. The summed E-state index contributed by atoms with van der Waals surface area (Å²) in [6.45, 7) is 0. The lowest BCUT2D eigenvalue weighted by Gasteiger charge is -1.99. The highest BCUT2D eigenvalue weighted by atomic mass is 79.9. The van der Waals surface area contributed by atoms with Gasteiger partial charge in [-0.15, -0.1) is 0 Å². The Labute approximate surface area is 154 Å². The SMILES string of the molecule is Cn1c(=NC(=O)c2cc3ccccc3oc2=O)sc2cccc(Br)c21. The molecule has 25 heavy (non-hydrogen) atoms. The molecule has 2 aromatic heterocycles. The fraction of sp³-hybridized carbons (Fsp3) is 0.0556. The van der Waals surface area contributed by atoms with Crippen LogP contribution in [0.4, 0.5) is 0 Å². The number of aromatic nitrogens is 1. The van der Waals surface area contributed by atoms with Gasteiger partial charge < -0.3 is 8.98 Å². The first-order chi connectivity index (χ1) is 12.0. The number of rotatable bonds is 1. The predicted octanol–water partition coefficient (Wildman–Crippen LogP) is 3.85. The molecule has 7 heteroatoms. The molecule has 0 fully saturated rings. The van der Waals surface area contributed by atoms with Gasteiger partial charge in [0.05, 0.1) is 10.2 Å². The number of nitrogens with zero attached hydrogens (tertiary/aromatic N) is 2. The largest absolute Gasteiger partial charge is 0.422 e. The monoisotopic (exact) mass is 414 g/mol. The molecule has 4 rings (SSSR count). The van der Waals surface area contributed by atoms with E-state index in [1.54, 1.807) is 18.2 Å². The van der Waals surface area contributed by atoms with Crippen molar-refractivity contribution in [1.82, 2.24) is 4.57 Å². The Bertz CT molecular complexity index is 1270. The Balaban J connectivity index is 1.89. The fourth-order valence-electron chi connectivity index (χ4n) is 2.62. The van der Waals surface area contributed by atoms with Crippen molar-refractivity contribution in [3.05, 3.63) is 73.8 Å². The second kappa shape index (κ2) is 6.09. The average molecular weight is 415 g/mol.